The third kappa shape index (κ3) is 3.85. The molecule has 0 fully saturated rings. The molecule has 0 saturated heterocycles. The fourth-order valence-corrected chi connectivity index (χ4v) is 1.66. The Bertz CT molecular complexity index is 370. The van der Waals surface area contributed by atoms with Gasteiger partial charge in [0.05, 0.1) is 12.2 Å². The van der Waals surface area contributed by atoms with Crippen LogP contribution in [0.15, 0.2) is 12.3 Å². The predicted octanol–water partition coefficient (Wildman–Crippen LogP) is 1.78. The minimum Gasteiger partial charge on any atom is -0.320 e. The molecular formula is C12H22N4O. The lowest BCUT2D eigenvalue weighted by molar-refractivity contribution is -0.117. The normalized spacial score (nSPS) is 13.1. The molecule has 1 rings (SSSR count). The van der Waals surface area contributed by atoms with Gasteiger partial charge in [-0.1, -0.05) is 13.8 Å². The first-order chi connectivity index (χ1) is 7.91. The minimum atomic E-state index is -0.467. The van der Waals surface area contributed by atoms with E-state index in [-0.39, 0.29) is 11.9 Å². The topological polar surface area (TPSA) is 72.9 Å². The predicted molar refractivity (Wildman–Crippen MR) is 68.7 cm³/mol. The van der Waals surface area contributed by atoms with Crippen molar-refractivity contribution in [3.05, 3.63) is 12.3 Å². The molecule has 1 atom stereocenters. The van der Waals surface area contributed by atoms with Gasteiger partial charge in [0.15, 0.2) is 0 Å². The molecule has 17 heavy (non-hydrogen) atoms. The molecule has 0 aliphatic heterocycles. The maximum Gasteiger partial charge on any atom is 0.242 e. The third-order valence-electron chi connectivity index (χ3n) is 2.47. The van der Waals surface area contributed by atoms with Crippen LogP contribution in [0.2, 0.25) is 0 Å². The lowest BCUT2D eigenvalue weighted by Crippen LogP contribution is -2.37. The summed E-state index contributed by atoms with van der Waals surface area (Å²) in [4.78, 5) is 11.8. The molecule has 0 saturated carbocycles. The standard InChI is InChI=1S/C12H22N4O/c1-8(2)7-10(13)12(17)15-11-5-6-14-16(11)9(3)4/h5-6,8-10H,7,13H2,1-4H3,(H,15,17)/t10-/m0/s1. The zero-order chi connectivity index (χ0) is 13.0. The van der Waals surface area contributed by atoms with Crippen LogP contribution in [0, 0.1) is 5.92 Å². The summed E-state index contributed by atoms with van der Waals surface area (Å²) in [6.07, 6.45) is 2.35. The van der Waals surface area contributed by atoms with E-state index >= 15 is 0 Å². The average molecular weight is 238 g/mol. The van der Waals surface area contributed by atoms with Crippen LogP contribution in [0.25, 0.3) is 0 Å². The Morgan fingerprint density at radius 2 is 2.12 bits per heavy atom. The highest BCUT2D eigenvalue weighted by atomic mass is 16.2. The first-order valence-electron chi connectivity index (χ1n) is 6.01. The molecule has 0 aliphatic rings. The average Bonchev–Trinajstić information content (AvgIpc) is 2.64. The van der Waals surface area contributed by atoms with Crippen molar-refractivity contribution < 1.29 is 4.79 Å². The minimum absolute atomic E-state index is 0.152. The van der Waals surface area contributed by atoms with Crippen molar-refractivity contribution in [2.75, 3.05) is 5.32 Å². The lowest BCUT2D eigenvalue weighted by Gasteiger charge is -2.16. The van der Waals surface area contributed by atoms with Gasteiger partial charge in [-0.3, -0.25) is 4.79 Å². The lowest BCUT2D eigenvalue weighted by atomic mass is 10.0. The number of hydrogen-bond acceptors (Lipinski definition) is 3. The van der Waals surface area contributed by atoms with Gasteiger partial charge in [0.2, 0.25) is 5.91 Å². The third-order valence-corrected chi connectivity index (χ3v) is 2.47. The van der Waals surface area contributed by atoms with Crippen molar-refractivity contribution >= 4 is 11.7 Å². The molecule has 5 nitrogen and oxygen atoms in total. The molecule has 0 aliphatic carbocycles. The van der Waals surface area contributed by atoms with Crippen molar-refractivity contribution in [1.82, 2.24) is 9.78 Å². The Morgan fingerprint density at radius 1 is 1.47 bits per heavy atom. The highest BCUT2D eigenvalue weighted by Crippen LogP contribution is 2.13. The van der Waals surface area contributed by atoms with E-state index in [0.29, 0.717) is 18.2 Å². The maximum atomic E-state index is 11.8. The summed E-state index contributed by atoms with van der Waals surface area (Å²) in [5.41, 5.74) is 5.82. The van der Waals surface area contributed by atoms with Crippen LogP contribution in [0.1, 0.15) is 40.2 Å². The van der Waals surface area contributed by atoms with E-state index in [1.807, 2.05) is 27.7 Å². The fourth-order valence-electron chi connectivity index (χ4n) is 1.66. The van der Waals surface area contributed by atoms with Crippen LogP contribution in [0.3, 0.4) is 0 Å². The molecule has 0 radical (unpaired) electrons. The van der Waals surface area contributed by atoms with Gasteiger partial charge < -0.3 is 11.1 Å². The van der Waals surface area contributed by atoms with Gasteiger partial charge in [0.25, 0.3) is 0 Å². The molecule has 1 aromatic rings. The van der Waals surface area contributed by atoms with Gasteiger partial charge in [-0.2, -0.15) is 5.10 Å². The van der Waals surface area contributed by atoms with Crippen LogP contribution in [0.5, 0.6) is 0 Å². The Balaban J connectivity index is 2.64. The van der Waals surface area contributed by atoms with Crippen molar-refractivity contribution in [2.45, 2.75) is 46.2 Å². The summed E-state index contributed by atoms with van der Waals surface area (Å²) in [6, 6.07) is 1.52. The molecule has 96 valence electrons. The second-order valence-electron chi connectivity index (χ2n) is 4.98. The van der Waals surface area contributed by atoms with Crippen molar-refractivity contribution in [2.24, 2.45) is 11.7 Å². The Hall–Kier alpha value is -1.36. The zero-order valence-electron chi connectivity index (χ0n) is 11.0. The van der Waals surface area contributed by atoms with Crippen molar-refractivity contribution in [3.8, 4) is 0 Å². The number of hydrogen-bond donors (Lipinski definition) is 2. The highest BCUT2D eigenvalue weighted by Gasteiger charge is 2.17. The van der Waals surface area contributed by atoms with Crippen LogP contribution >= 0.6 is 0 Å². The van der Waals surface area contributed by atoms with E-state index in [1.54, 1.807) is 16.9 Å². The first kappa shape index (κ1) is 13.7. The number of carbonyl (C=O) groups is 1. The number of nitrogens with zero attached hydrogens (tertiary/aromatic N) is 2. The molecule has 0 aromatic carbocycles. The number of amides is 1. The first-order valence-corrected chi connectivity index (χ1v) is 6.01. The highest BCUT2D eigenvalue weighted by molar-refractivity contribution is 5.93. The molecular weight excluding hydrogens is 216 g/mol. The molecule has 5 heteroatoms. The van der Waals surface area contributed by atoms with Gasteiger partial charge >= 0.3 is 0 Å². The second kappa shape index (κ2) is 5.82. The number of anilines is 1. The zero-order valence-corrected chi connectivity index (χ0v) is 11.0. The molecule has 1 aromatic heterocycles. The summed E-state index contributed by atoms with van der Waals surface area (Å²) in [5, 5.41) is 6.96. The number of nitrogens with two attached hydrogens (primary N) is 1. The van der Waals surface area contributed by atoms with E-state index in [1.165, 1.54) is 0 Å². The van der Waals surface area contributed by atoms with Crippen molar-refractivity contribution in [1.29, 1.82) is 0 Å². The molecule has 1 amide bonds. The van der Waals surface area contributed by atoms with Crippen LogP contribution < -0.4 is 11.1 Å². The fraction of sp³-hybridized carbons (Fsp3) is 0.667. The van der Waals surface area contributed by atoms with Gasteiger partial charge in [0.1, 0.15) is 5.82 Å². The van der Waals surface area contributed by atoms with Gasteiger partial charge in [0, 0.05) is 12.1 Å². The summed E-state index contributed by atoms with van der Waals surface area (Å²) in [6.45, 7) is 8.12. The van der Waals surface area contributed by atoms with Crippen LogP contribution in [-0.4, -0.2) is 21.7 Å². The molecule has 0 unspecified atom stereocenters. The molecule has 0 bridgehead atoms. The summed E-state index contributed by atoms with van der Waals surface area (Å²) in [5.74, 6) is 0.955. The maximum absolute atomic E-state index is 11.8. The number of carbonyl (C=O) groups excluding carboxylic acids is 1. The summed E-state index contributed by atoms with van der Waals surface area (Å²) < 4.78 is 1.76. The number of nitrogens with one attached hydrogen (secondary N) is 1. The molecule has 1 heterocycles. The van der Waals surface area contributed by atoms with E-state index in [2.05, 4.69) is 10.4 Å². The van der Waals surface area contributed by atoms with E-state index in [4.69, 9.17) is 5.73 Å². The van der Waals surface area contributed by atoms with Gasteiger partial charge in [-0.05, 0) is 26.2 Å². The molecule has 3 N–H and O–H groups in total. The smallest absolute Gasteiger partial charge is 0.242 e. The van der Waals surface area contributed by atoms with Crippen molar-refractivity contribution in [3.63, 3.8) is 0 Å². The largest absolute Gasteiger partial charge is 0.320 e. The second-order valence-corrected chi connectivity index (χ2v) is 4.98. The van der Waals surface area contributed by atoms with Gasteiger partial charge in [-0.25, -0.2) is 4.68 Å². The number of rotatable bonds is 5. The number of aromatic nitrogens is 2. The summed E-state index contributed by atoms with van der Waals surface area (Å²) in [7, 11) is 0. The summed E-state index contributed by atoms with van der Waals surface area (Å²) >= 11 is 0. The van der Waals surface area contributed by atoms with Crippen LogP contribution in [-0.2, 0) is 4.79 Å². The monoisotopic (exact) mass is 238 g/mol. The Kier molecular flexibility index (Phi) is 4.69. The Morgan fingerprint density at radius 3 is 2.65 bits per heavy atom. The van der Waals surface area contributed by atoms with E-state index in [9.17, 15) is 4.79 Å². The quantitative estimate of drug-likeness (QED) is 0.821. The van der Waals surface area contributed by atoms with Gasteiger partial charge in [-0.15, -0.1) is 0 Å². The SMILES string of the molecule is CC(C)C[C@H](N)C(=O)Nc1ccnn1C(C)C. The Labute approximate surface area is 102 Å². The van der Waals surface area contributed by atoms with Crippen LogP contribution in [0.4, 0.5) is 5.82 Å². The van der Waals surface area contributed by atoms with E-state index in [0.717, 1.165) is 0 Å². The molecule has 0 spiro atoms. The van der Waals surface area contributed by atoms with E-state index < -0.39 is 6.04 Å².